The van der Waals surface area contributed by atoms with Crippen molar-refractivity contribution in [1.29, 1.82) is 0 Å². The molecule has 3 aromatic rings. The maximum absolute atomic E-state index is 4.18. The van der Waals surface area contributed by atoms with Crippen LogP contribution in [0, 0.1) is 3.83 Å². The van der Waals surface area contributed by atoms with Gasteiger partial charge in [-0.1, -0.05) is 24.3 Å². The van der Waals surface area contributed by atoms with E-state index >= 15 is 0 Å². The van der Waals surface area contributed by atoms with Crippen LogP contribution in [0.3, 0.4) is 0 Å². The van der Waals surface area contributed by atoms with E-state index in [0.29, 0.717) is 0 Å². The van der Waals surface area contributed by atoms with Crippen LogP contribution in [0.25, 0.3) is 10.9 Å². The van der Waals surface area contributed by atoms with Gasteiger partial charge in [0, 0.05) is 24.0 Å². The van der Waals surface area contributed by atoms with E-state index in [2.05, 4.69) is 49.7 Å². The molecule has 0 aliphatic heterocycles. The van der Waals surface area contributed by atoms with Crippen molar-refractivity contribution in [1.82, 2.24) is 15.0 Å². The number of fused-ring (bicyclic) bond motifs is 1. The van der Waals surface area contributed by atoms with Gasteiger partial charge in [0.25, 0.3) is 0 Å². The predicted octanol–water partition coefficient (Wildman–Crippen LogP) is 3.25. The van der Waals surface area contributed by atoms with Gasteiger partial charge in [0.15, 0.2) is 3.83 Å². The van der Waals surface area contributed by atoms with Crippen molar-refractivity contribution in [2.75, 3.05) is 0 Å². The van der Waals surface area contributed by atoms with E-state index < -0.39 is 0 Å². The SMILES string of the molecule is Ic1ncc[nH]1.c1ccc2ncccc2c1. The maximum atomic E-state index is 4.18. The van der Waals surface area contributed by atoms with Crippen molar-refractivity contribution in [2.45, 2.75) is 0 Å². The molecule has 3 rings (SSSR count). The highest BCUT2D eigenvalue weighted by molar-refractivity contribution is 14.1. The molecule has 0 saturated carbocycles. The number of imidazole rings is 1. The molecule has 1 N–H and O–H groups in total. The van der Waals surface area contributed by atoms with Gasteiger partial charge in [-0.15, -0.1) is 0 Å². The summed E-state index contributed by atoms with van der Waals surface area (Å²) in [5.41, 5.74) is 1.06. The second-order valence-corrected chi connectivity index (χ2v) is 4.10. The molecule has 0 amide bonds. The smallest absolute Gasteiger partial charge is 0.168 e. The summed E-state index contributed by atoms with van der Waals surface area (Å²) in [5, 5.41) is 1.20. The summed E-state index contributed by atoms with van der Waals surface area (Å²) >= 11 is 2.11. The van der Waals surface area contributed by atoms with Crippen molar-refractivity contribution in [3.63, 3.8) is 0 Å². The number of H-pyrrole nitrogens is 1. The van der Waals surface area contributed by atoms with Gasteiger partial charge in [-0.05, 0) is 34.7 Å². The average Bonchev–Trinajstić information content (AvgIpc) is 2.81. The van der Waals surface area contributed by atoms with Gasteiger partial charge in [0.05, 0.1) is 5.52 Å². The molecule has 2 heterocycles. The number of hydrogen-bond acceptors (Lipinski definition) is 2. The van der Waals surface area contributed by atoms with Gasteiger partial charge in [-0.2, -0.15) is 0 Å². The van der Waals surface area contributed by atoms with E-state index in [-0.39, 0.29) is 0 Å². The van der Waals surface area contributed by atoms with E-state index in [1.807, 2.05) is 30.5 Å². The summed E-state index contributed by atoms with van der Waals surface area (Å²) in [6.07, 6.45) is 5.33. The minimum Gasteiger partial charge on any atom is -0.340 e. The molecule has 80 valence electrons. The summed E-state index contributed by atoms with van der Waals surface area (Å²) in [4.78, 5) is 10.9. The van der Waals surface area contributed by atoms with Crippen molar-refractivity contribution >= 4 is 33.5 Å². The Balaban J connectivity index is 0.000000138. The fourth-order valence-electron chi connectivity index (χ4n) is 1.26. The number of pyridine rings is 1. The van der Waals surface area contributed by atoms with E-state index in [1.165, 1.54) is 5.39 Å². The first-order valence-electron chi connectivity index (χ1n) is 4.81. The number of para-hydroxylation sites is 1. The van der Waals surface area contributed by atoms with Crippen LogP contribution in [0.1, 0.15) is 0 Å². The molecule has 0 radical (unpaired) electrons. The third-order valence-electron chi connectivity index (χ3n) is 1.98. The van der Waals surface area contributed by atoms with Crippen LogP contribution >= 0.6 is 22.6 Å². The number of nitrogens with one attached hydrogen (secondary N) is 1. The van der Waals surface area contributed by atoms with Crippen molar-refractivity contribution in [3.8, 4) is 0 Å². The zero-order valence-electron chi connectivity index (χ0n) is 8.47. The van der Waals surface area contributed by atoms with Crippen LogP contribution in [-0.2, 0) is 0 Å². The zero-order valence-corrected chi connectivity index (χ0v) is 10.6. The number of aromatic amines is 1. The Kier molecular flexibility index (Phi) is 3.87. The monoisotopic (exact) mass is 323 g/mol. The molecule has 4 heteroatoms. The van der Waals surface area contributed by atoms with E-state index in [9.17, 15) is 0 Å². The third kappa shape index (κ3) is 3.03. The lowest BCUT2D eigenvalue weighted by Gasteiger charge is -1.91. The fourth-order valence-corrected chi connectivity index (χ4v) is 1.60. The van der Waals surface area contributed by atoms with Gasteiger partial charge in [0.2, 0.25) is 0 Å². The normalized spacial score (nSPS) is 9.56. The summed E-state index contributed by atoms with van der Waals surface area (Å²) in [6.45, 7) is 0. The first-order valence-corrected chi connectivity index (χ1v) is 5.89. The number of rotatable bonds is 0. The van der Waals surface area contributed by atoms with Crippen LogP contribution < -0.4 is 0 Å². The highest BCUT2D eigenvalue weighted by Crippen LogP contribution is 2.07. The Bertz CT molecular complexity index is 483. The highest BCUT2D eigenvalue weighted by atomic mass is 127. The molecule has 2 aromatic heterocycles. The molecule has 0 unspecified atom stereocenters. The lowest BCUT2D eigenvalue weighted by Crippen LogP contribution is -1.73. The summed E-state index contributed by atoms with van der Waals surface area (Å²) < 4.78 is 0.938. The minimum atomic E-state index is 0.938. The molecule has 0 aliphatic rings. The summed E-state index contributed by atoms with van der Waals surface area (Å²) in [6, 6.07) is 12.1. The standard InChI is InChI=1S/C9H7N.C3H3IN2/c1-2-6-9-8(4-1)5-3-7-10-9;4-3-5-1-2-6-3/h1-7H;1-2H,(H,5,6). The number of hydrogen-bond donors (Lipinski definition) is 1. The zero-order chi connectivity index (χ0) is 11.2. The van der Waals surface area contributed by atoms with E-state index in [4.69, 9.17) is 0 Å². The molecule has 0 fully saturated rings. The topological polar surface area (TPSA) is 41.6 Å². The number of benzene rings is 1. The molecule has 0 aliphatic carbocycles. The first kappa shape index (κ1) is 11.1. The minimum absolute atomic E-state index is 0.938. The Hall–Kier alpha value is -1.43. The average molecular weight is 323 g/mol. The van der Waals surface area contributed by atoms with Gasteiger partial charge >= 0.3 is 0 Å². The van der Waals surface area contributed by atoms with E-state index in [0.717, 1.165) is 9.35 Å². The second kappa shape index (κ2) is 5.60. The number of nitrogens with zero attached hydrogens (tertiary/aromatic N) is 2. The molecule has 0 spiro atoms. The van der Waals surface area contributed by atoms with Crippen molar-refractivity contribution in [3.05, 3.63) is 58.8 Å². The van der Waals surface area contributed by atoms with Gasteiger partial charge in [-0.3, -0.25) is 4.98 Å². The number of aromatic nitrogens is 3. The predicted molar refractivity (Wildman–Crippen MR) is 73.0 cm³/mol. The Labute approximate surface area is 107 Å². The fraction of sp³-hybridized carbons (Fsp3) is 0. The van der Waals surface area contributed by atoms with E-state index in [1.54, 1.807) is 12.4 Å². The molecular formula is C12H10IN3. The Morgan fingerprint density at radius 1 is 0.938 bits per heavy atom. The lowest BCUT2D eigenvalue weighted by molar-refractivity contribution is 1.23. The second-order valence-electron chi connectivity index (χ2n) is 3.08. The molecule has 0 saturated heterocycles. The Morgan fingerprint density at radius 2 is 1.75 bits per heavy atom. The van der Waals surface area contributed by atoms with Crippen LogP contribution in [0.4, 0.5) is 0 Å². The summed E-state index contributed by atoms with van der Waals surface area (Å²) in [7, 11) is 0. The van der Waals surface area contributed by atoms with Crippen molar-refractivity contribution in [2.24, 2.45) is 0 Å². The molecular weight excluding hydrogens is 313 g/mol. The van der Waals surface area contributed by atoms with Crippen LogP contribution in [-0.4, -0.2) is 15.0 Å². The van der Waals surface area contributed by atoms with Gasteiger partial charge < -0.3 is 4.98 Å². The third-order valence-corrected chi connectivity index (χ3v) is 2.57. The van der Waals surface area contributed by atoms with Crippen LogP contribution in [0.2, 0.25) is 0 Å². The van der Waals surface area contributed by atoms with Gasteiger partial charge in [-0.25, -0.2) is 4.98 Å². The molecule has 3 nitrogen and oxygen atoms in total. The van der Waals surface area contributed by atoms with Gasteiger partial charge in [0.1, 0.15) is 0 Å². The highest BCUT2D eigenvalue weighted by Gasteiger charge is 1.86. The Morgan fingerprint density at radius 3 is 2.38 bits per heavy atom. The molecule has 0 atom stereocenters. The molecule has 0 bridgehead atoms. The molecule has 16 heavy (non-hydrogen) atoms. The maximum Gasteiger partial charge on any atom is 0.168 e. The summed E-state index contributed by atoms with van der Waals surface area (Å²) in [5.74, 6) is 0. The van der Waals surface area contributed by atoms with Crippen LogP contribution in [0.15, 0.2) is 55.0 Å². The first-order chi connectivity index (χ1) is 7.86. The largest absolute Gasteiger partial charge is 0.340 e. The number of halogens is 1. The van der Waals surface area contributed by atoms with Crippen molar-refractivity contribution < 1.29 is 0 Å². The molecule has 1 aromatic carbocycles. The lowest BCUT2D eigenvalue weighted by atomic mass is 10.2. The van der Waals surface area contributed by atoms with Crippen LogP contribution in [0.5, 0.6) is 0 Å². The quantitative estimate of drug-likeness (QED) is 0.645.